The van der Waals surface area contributed by atoms with Crippen molar-refractivity contribution in [2.24, 2.45) is 5.73 Å². The second kappa shape index (κ2) is 5.51. The monoisotopic (exact) mass is 282 g/mol. The normalized spacial score (nSPS) is 11.4. The molecule has 96 valence electrons. The molecule has 0 fully saturated rings. The minimum Gasteiger partial charge on any atom is -0.330 e. The molecule has 2 aromatic rings. The molecule has 18 heavy (non-hydrogen) atoms. The predicted octanol–water partition coefficient (Wildman–Crippen LogP) is 2.05. The first-order chi connectivity index (χ1) is 8.62. The van der Waals surface area contributed by atoms with Crippen molar-refractivity contribution < 1.29 is 8.42 Å². The lowest BCUT2D eigenvalue weighted by molar-refractivity contribution is 0.603. The van der Waals surface area contributed by atoms with Crippen molar-refractivity contribution in [3.8, 4) is 0 Å². The van der Waals surface area contributed by atoms with Gasteiger partial charge in [0.05, 0.1) is 0 Å². The number of hydrogen-bond acceptors (Lipinski definition) is 4. The average Bonchev–Trinajstić information content (AvgIpc) is 2.86. The van der Waals surface area contributed by atoms with E-state index in [-0.39, 0.29) is 0 Å². The van der Waals surface area contributed by atoms with Crippen LogP contribution in [0.15, 0.2) is 46.0 Å². The maximum Gasteiger partial charge on any atom is 0.271 e. The Kier molecular flexibility index (Phi) is 4.00. The molecular formula is C12H14N2O2S2. The lowest BCUT2D eigenvalue weighted by Crippen LogP contribution is -2.11. The third-order valence-corrected chi connectivity index (χ3v) is 5.18. The largest absolute Gasteiger partial charge is 0.330 e. The van der Waals surface area contributed by atoms with Gasteiger partial charge in [-0.05, 0) is 42.1 Å². The Balaban J connectivity index is 2.14. The summed E-state index contributed by atoms with van der Waals surface area (Å²) in [5.74, 6) is 0. The van der Waals surface area contributed by atoms with E-state index in [1.165, 1.54) is 11.3 Å². The predicted molar refractivity (Wildman–Crippen MR) is 74.3 cm³/mol. The molecule has 0 atom stereocenters. The Morgan fingerprint density at radius 2 is 1.89 bits per heavy atom. The van der Waals surface area contributed by atoms with E-state index in [0.717, 1.165) is 12.0 Å². The van der Waals surface area contributed by atoms with Crippen LogP contribution in [0.3, 0.4) is 0 Å². The van der Waals surface area contributed by atoms with E-state index in [9.17, 15) is 8.42 Å². The first kappa shape index (κ1) is 13.1. The van der Waals surface area contributed by atoms with E-state index < -0.39 is 10.0 Å². The first-order valence-corrected chi connectivity index (χ1v) is 7.83. The van der Waals surface area contributed by atoms with E-state index >= 15 is 0 Å². The van der Waals surface area contributed by atoms with Crippen molar-refractivity contribution in [1.82, 2.24) is 0 Å². The van der Waals surface area contributed by atoms with E-state index in [1.54, 1.807) is 29.6 Å². The zero-order chi connectivity index (χ0) is 13.0. The molecule has 0 saturated heterocycles. The van der Waals surface area contributed by atoms with E-state index in [1.807, 2.05) is 12.1 Å². The SMILES string of the molecule is NCCc1ccc(NS(=O)(=O)c2cccs2)cc1. The fourth-order valence-corrected chi connectivity index (χ4v) is 3.58. The van der Waals surface area contributed by atoms with Gasteiger partial charge < -0.3 is 5.73 Å². The summed E-state index contributed by atoms with van der Waals surface area (Å²) in [5.41, 5.74) is 7.11. The molecule has 4 nitrogen and oxygen atoms in total. The Morgan fingerprint density at radius 3 is 2.44 bits per heavy atom. The molecule has 1 aromatic carbocycles. The second-order valence-corrected chi connectivity index (χ2v) is 6.63. The molecule has 0 saturated carbocycles. The highest BCUT2D eigenvalue weighted by molar-refractivity contribution is 7.94. The van der Waals surface area contributed by atoms with Gasteiger partial charge in [0.2, 0.25) is 0 Å². The number of benzene rings is 1. The number of anilines is 1. The lowest BCUT2D eigenvalue weighted by atomic mass is 10.1. The van der Waals surface area contributed by atoms with Gasteiger partial charge in [0.15, 0.2) is 0 Å². The third-order valence-electron chi connectivity index (χ3n) is 2.40. The van der Waals surface area contributed by atoms with Crippen molar-refractivity contribution in [2.45, 2.75) is 10.6 Å². The number of nitrogens with two attached hydrogens (primary N) is 1. The van der Waals surface area contributed by atoms with Crippen LogP contribution in [0.5, 0.6) is 0 Å². The van der Waals surface area contributed by atoms with Gasteiger partial charge in [-0.1, -0.05) is 18.2 Å². The van der Waals surface area contributed by atoms with Crippen LogP contribution in [-0.2, 0) is 16.4 Å². The molecule has 1 heterocycles. The zero-order valence-electron chi connectivity index (χ0n) is 9.67. The summed E-state index contributed by atoms with van der Waals surface area (Å²) in [6, 6.07) is 10.5. The van der Waals surface area contributed by atoms with Crippen molar-refractivity contribution in [3.05, 3.63) is 47.3 Å². The van der Waals surface area contributed by atoms with Crippen LogP contribution in [0, 0.1) is 0 Å². The van der Waals surface area contributed by atoms with Crippen molar-refractivity contribution >= 4 is 27.0 Å². The van der Waals surface area contributed by atoms with Crippen LogP contribution in [0.25, 0.3) is 0 Å². The van der Waals surface area contributed by atoms with Gasteiger partial charge in [-0.2, -0.15) is 0 Å². The molecule has 0 unspecified atom stereocenters. The van der Waals surface area contributed by atoms with E-state index in [4.69, 9.17) is 5.73 Å². The van der Waals surface area contributed by atoms with Crippen LogP contribution in [-0.4, -0.2) is 15.0 Å². The quantitative estimate of drug-likeness (QED) is 0.881. The van der Waals surface area contributed by atoms with Gasteiger partial charge in [-0.15, -0.1) is 11.3 Å². The van der Waals surface area contributed by atoms with Gasteiger partial charge >= 0.3 is 0 Å². The molecule has 0 aliphatic rings. The average molecular weight is 282 g/mol. The Labute approximate surface area is 111 Å². The minimum absolute atomic E-state index is 0.313. The van der Waals surface area contributed by atoms with Crippen molar-refractivity contribution in [3.63, 3.8) is 0 Å². The highest BCUT2D eigenvalue weighted by Gasteiger charge is 2.14. The summed E-state index contributed by atoms with van der Waals surface area (Å²) in [7, 11) is -3.45. The summed E-state index contributed by atoms with van der Waals surface area (Å²) in [5, 5.41) is 1.74. The molecule has 3 N–H and O–H groups in total. The van der Waals surface area contributed by atoms with Crippen LogP contribution in [0.4, 0.5) is 5.69 Å². The standard InChI is InChI=1S/C12H14N2O2S2/c13-8-7-10-3-5-11(6-4-10)14-18(15,16)12-2-1-9-17-12/h1-6,9,14H,7-8,13H2. The molecule has 1 aromatic heterocycles. The van der Waals surface area contributed by atoms with Crippen LogP contribution in [0.1, 0.15) is 5.56 Å². The number of sulfonamides is 1. The second-order valence-electron chi connectivity index (χ2n) is 3.77. The summed E-state index contributed by atoms with van der Waals surface area (Å²) < 4.78 is 26.8. The zero-order valence-corrected chi connectivity index (χ0v) is 11.3. The van der Waals surface area contributed by atoms with Gasteiger partial charge in [-0.25, -0.2) is 8.42 Å². The molecule has 0 aliphatic carbocycles. The topological polar surface area (TPSA) is 72.2 Å². The number of rotatable bonds is 5. The van der Waals surface area contributed by atoms with E-state index in [2.05, 4.69) is 4.72 Å². The smallest absolute Gasteiger partial charge is 0.271 e. The van der Waals surface area contributed by atoms with Gasteiger partial charge in [0, 0.05) is 5.69 Å². The van der Waals surface area contributed by atoms with Crippen LogP contribution in [0.2, 0.25) is 0 Å². The van der Waals surface area contributed by atoms with Crippen LogP contribution >= 0.6 is 11.3 Å². The van der Waals surface area contributed by atoms with Gasteiger partial charge in [0.25, 0.3) is 10.0 Å². The Bertz CT molecular complexity index is 590. The summed E-state index contributed by atoms with van der Waals surface area (Å²) in [4.78, 5) is 0. The summed E-state index contributed by atoms with van der Waals surface area (Å²) in [6.45, 7) is 0.584. The molecule has 0 amide bonds. The molecule has 0 aliphatic heterocycles. The fourth-order valence-electron chi connectivity index (χ4n) is 1.53. The maximum atomic E-state index is 12.0. The Morgan fingerprint density at radius 1 is 1.17 bits per heavy atom. The maximum absolute atomic E-state index is 12.0. The molecule has 2 rings (SSSR count). The molecule has 0 spiro atoms. The van der Waals surface area contributed by atoms with Gasteiger partial charge in [-0.3, -0.25) is 4.72 Å². The fraction of sp³-hybridized carbons (Fsp3) is 0.167. The van der Waals surface area contributed by atoms with Crippen molar-refractivity contribution in [2.75, 3.05) is 11.3 Å². The molecule has 0 radical (unpaired) electrons. The number of hydrogen-bond donors (Lipinski definition) is 2. The van der Waals surface area contributed by atoms with Gasteiger partial charge in [0.1, 0.15) is 4.21 Å². The molecular weight excluding hydrogens is 268 g/mol. The minimum atomic E-state index is -3.45. The lowest BCUT2D eigenvalue weighted by Gasteiger charge is -2.07. The van der Waals surface area contributed by atoms with Crippen molar-refractivity contribution in [1.29, 1.82) is 0 Å². The number of thiophene rings is 1. The summed E-state index contributed by atoms with van der Waals surface area (Å²) >= 11 is 1.19. The Hall–Kier alpha value is -1.37. The third kappa shape index (κ3) is 3.10. The highest BCUT2D eigenvalue weighted by atomic mass is 32.2. The molecule has 0 bridgehead atoms. The first-order valence-electron chi connectivity index (χ1n) is 5.47. The highest BCUT2D eigenvalue weighted by Crippen LogP contribution is 2.20. The molecule has 6 heteroatoms. The number of nitrogens with one attached hydrogen (secondary N) is 1. The van der Waals surface area contributed by atoms with E-state index in [0.29, 0.717) is 16.4 Å². The summed E-state index contributed by atoms with van der Waals surface area (Å²) in [6.07, 6.45) is 0.790. The van der Waals surface area contributed by atoms with Crippen LogP contribution < -0.4 is 10.5 Å².